The van der Waals surface area contributed by atoms with Crippen molar-refractivity contribution in [1.29, 1.82) is 0 Å². The topological polar surface area (TPSA) is 154 Å². The number of carbonyl (C=O) groups excluding carboxylic acids is 1. The molecule has 1 aliphatic rings. The third-order valence-corrected chi connectivity index (χ3v) is 4.08. The summed E-state index contributed by atoms with van der Waals surface area (Å²) in [6, 6.07) is 9.37. The normalized spacial score (nSPS) is 25.9. The van der Waals surface area contributed by atoms with Gasteiger partial charge < -0.3 is 36.1 Å². The van der Waals surface area contributed by atoms with E-state index in [4.69, 9.17) is 15.6 Å². The molecule has 9 nitrogen and oxygen atoms in total. The van der Waals surface area contributed by atoms with Crippen LogP contribution in [0.5, 0.6) is 0 Å². The van der Waals surface area contributed by atoms with Crippen LogP contribution in [0.2, 0.25) is 0 Å². The number of nitrogens with zero attached hydrogens (tertiary/aromatic N) is 1. The second-order valence-electron chi connectivity index (χ2n) is 5.81. The van der Waals surface area contributed by atoms with E-state index in [0.717, 1.165) is 5.56 Å². The van der Waals surface area contributed by atoms with E-state index >= 15 is 0 Å². The van der Waals surface area contributed by atoms with Crippen LogP contribution < -0.4 is 11.1 Å². The van der Waals surface area contributed by atoms with Crippen LogP contribution in [-0.2, 0) is 11.3 Å². The van der Waals surface area contributed by atoms with E-state index in [1.807, 2.05) is 30.3 Å². The molecule has 0 spiro atoms. The van der Waals surface area contributed by atoms with Crippen LogP contribution in [0.1, 0.15) is 28.0 Å². The monoisotopic (exact) mass is 348 g/mol. The van der Waals surface area contributed by atoms with E-state index in [1.165, 1.54) is 0 Å². The fourth-order valence-corrected chi connectivity index (χ4v) is 2.71. The third kappa shape index (κ3) is 3.49. The second-order valence-corrected chi connectivity index (χ2v) is 5.81. The number of imidazole rings is 1. The van der Waals surface area contributed by atoms with Crippen molar-refractivity contribution in [2.24, 2.45) is 0 Å². The summed E-state index contributed by atoms with van der Waals surface area (Å²) >= 11 is 0. The summed E-state index contributed by atoms with van der Waals surface area (Å²) in [5.41, 5.74) is 6.75. The molecule has 3 rings (SSSR count). The molecule has 7 N–H and O–H groups in total. The number of hydrogen-bond acceptors (Lipinski definition) is 7. The Morgan fingerprint density at radius 1 is 1.28 bits per heavy atom. The number of H-pyrrole nitrogens is 1. The van der Waals surface area contributed by atoms with Gasteiger partial charge in [-0.05, 0) is 5.56 Å². The molecule has 9 heteroatoms. The van der Waals surface area contributed by atoms with Gasteiger partial charge in [-0.3, -0.25) is 4.79 Å². The van der Waals surface area contributed by atoms with Crippen LogP contribution in [0.3, 0.4) is 0 Å². The summed E-state index contributed by atoms with van der Waals surface area (Å²) in [7, 11) is 0. The molecule has 0 unspecified atom stereocenters. The number of amides is 1. The molecule has 2 heterocycles. The van der Waals surface area contributed by atoms with E-state index in [9.17, 15) is 15.0 Å². The zero-order chi connectivity index (χ0) is 18.0. The minimum Gasteiger partial charge on any atom is -0.394 e. The Labute approximate surface area is 143 Å². The Bertz CT molecular complexity index is 735. The molecule has 0 bridgehead atoms. The number of aromatic amines is 1. The quantitative estimate of drug-likeness (QED) is 0.408. The van der Waals surface area contributed by atoms with Gasteiger partial charge in [0.2, 0.25) is 0 Å². The maximum absolute atomic E-state index is 12.3. The standard InChI is InChI=1S/C16H20N4O5/c17-14-10(16(24)18-6-8-4-2-1-3-5-8)19-15(20-14)13-12(23)11(22)9(7-21)25-13/h1-5,9,11-13,21-23H,6-7,17H2,(H,18,24)(H,19,20)/t9-,11+,12+,13+/m0/s1. The Hall–Kier alpha value is -2.46. The Morgan fingerprint density at radius 2 is 2.00 bits per heavy atom. The van der Waals surface area contributed by atoms with Crippen LogP contribution in [0.15, 0.2) is 30.3 Å². The van der Waals surface area contributed by atoms with Crippen molar-refractivity contribution in [2.45, 2.75) is 31.0 Å². The summed E-state index contributed by atoms with van der Waals surface area (Å²) in [4.78, 5) is 19.0. The molecule has 1 aromatic carbocycles. The average Bonchev–Trinajstić information content (AvgIpc) is 3.14. The molecule has 0 saturated carbocycles. The number of aromatic nitrogens is 2. The predicted octanol–water partition coefficient (Wildman–Crippen LogP) is -0.924. The number of hydrogen-bond donors (Lipinski definition) is 6. The number of anilines is 1. The van der Waals surface area contributed by atoms with Gasteiger partial charge in [0.05, 0.1) is 6.61 Å². The van der Waals surface area contributed by atoms with Crippen LogP contribution in [-0.4, -0.2) is 56.1 Å². The predicted molar refractivity (Wildman–Crippen MR) is 87.3 cm³/mol. The summed E-state index contributed by atoms with van der Waals surface area (Å²) in [6.45, 7) is -0.128. The Balaban J connectivity index is 1.71. The van der Waals surface area contributed by atoms with Gasteiger partial charge in [-0.15, -0.1) is 0 Å². The molecule has 1 aromatic heterocycles. The van der Waals surface area contributed by atoms with Crippen LogP contribution in [0.25, 0.3) is 0 Å². The zero-order valence-corrected chi connectivity index (χ0v) is 13.3. The molecular formula is C16H20N4O5. The van der Waals surface area contributed by atoms with Crippen molar-refractivity contribution in [3.63, 3.8) is 0 Å². The first-order valence-corrected chi connectivity index (χ1v) is 7.81. The number of nitrogen functional groups attached to an aromatic ring is 1. The lowest BCUT2D eigenvalue weighted by Crippen LogP contribution is -2.32. The van der Waals surface area contributed by atoms with Crippen molar-refractivity contribution in [2.75, 3.05) is 12.3 Å². The molecule has 2 aromatic rings. The number of ether oxygens (including phenoxy) is 1. The van der Waals surface area contributed by atoms with Gasteiger partial charge in [0.1, 0.15) is 35.9 Å². The summed E-state index contributed by atoms with van der Waals surface area (Å²) in [6.07, 6.45) is -4.48. The lowest BCUT2D eigenvalue weighted by molar-refractivity contribution is -0.0250. The lowest BCUT2D eigenvalue weighted by atomic mass is 10.1. The highest BCUT2D eigenvalue weighted by molar-refractivity contribution is 5.96. The maximum atomic E-state index is 12.3. The van der Waals surface area contributed by atoms with Crippen LogP contribution >= 0.6 is 0 Å². The molecule has 1 fully saturated rings. The van der Waals surface area contributed by atoms with E-state index in [2.05, 4.69) is 15.3 Å². The maximum Gasteiger partial charge on any atom is 0.271 e. The lowest BCUT2D eigenvalue weighted by Gasteiger charge is -2.11. The first-order chi connectivity index (χ1) is 12.0. The van der Waals surface area contributed by atoms with Crippen molar-refractivity contribution in [1.82, 2.24) is 15.3 Å². The van der Waals surface area contributed by atoms with Gasteiger partial charge in [-0.2, -0.15) is 0 Å². The fraction of sp³-hybridized carbons (Fsp3) is 0.375. The molecule has 0 aliphatic carbocycles. The van der Waals surface area contributed by atoms with Crippen molar-refractivity contribution < 1.29 is 24.9 Å². The van der Waals surface area contributed by atoms with E-state index < -0.39 is 36.9 Å². The van der Waals surface area contributed by atoms with Gasteiger partial charge in [-0.25, -0.2) is 4.98 Å². The first-order valence-electron chi connectivity index (χ1n) is 7.81. The van der Waals surface area contributed by atoms with Crippen molar-refractivity contribution in [3.8, 4) is 0 Å². The number of aliphatic hydroxyl groups excluding tert-OH is 3. The highest BCUT2D eigenvalue weighted by Gasteiger charge is 2.44. The largest absolute Gasteiger partial charge is 0.394 e. The highest BCUT2D eigenvalue weighted by Crippen LogP contribution is 2.32. The molecule has 4 atom stereocenters. The zero-order valence-electron chi connectivity index (χ0n) is 13.3. The molecule has 1 saturated heterocycles. The van der Waals surface area contributed by atoms with Crippen molar-refractivity contribution >= 4 is 11.7 Å². The number of nitrogens with two attached hydrogens (primary N) is 1. The van der Waals surface area contributed by atoms with Crippen LogP contribution in [0, 0.1) is 0 Å². The van der Waals surface area contributed by atoms with E-state index in [0.29, 0.717) is 6.54 Å². The van der Waals surface area contributed by atoms with Crippen molar-refractivity contribution in [3.05, 3.63) is 47.4 Å². The minimum atomic E-state index is -1.29. The van der Waals surface area contributed by atoms with Gasteiger partial charge in [0, 0.05) is 6.54 Å². The Kier molecular flexibility index (Phi) is 5.00. The molecule has 1 amide bonds. The smallest absolute Gasteiger partial charge is 0.271 e. The SMILES string of the molecule is Nc1nc([C@@H]2O[C@@H](CO)[C@@H](O)[C@H]2O)[nH]c1C(=O)NCc1ccccc1. The second kappa shape index (κ2) is 7.19. The van der Waals surface area contributed by atoms with Gasteiger partial charge >= 0.3 is 0 Å². The molecule has 134 valence electrons. The number of carbonyl (C=O) groups is 1. The number of nitrogens with one attached hydrogen (secondary N) is 2. The van der Waals surface area contributed by atoms with E-state index in [1.54, 1.807) is 0 Å². The Morgan fingerprint density at radius 3 is 2.64 bits per heavy atom. The van der Waals surface area contributed by atoms with Crippen LogP contribution in [0.4, 0.5) is 5.82 Å². The third-order valence-electron chi connectivity index (χ3n) is 4.08. The van der Waals surface area contributed by atoms with Gasteiger partial charge in [0.15, 0.2) is 5.82 Å². The average molecular weight is 348 g/mol. The number of aliphatic hydroxyl groups is 3. The van der Waals surface area contributed by atoms with Gasteiger partial charge in [-0.1, -0.05) is 30.3 Å². The van der Waals surface area contributed by atoms with E-state index in [-0.39, 0.29) is 17.3 Å². The fourth-order valence-electron chi connectivity index (χ4n) is 2.71. The number of rotatable bonds is 5. The summed E-state index contributed by atoms with van der Waals surface area (Å²) in [5, 5.41) is 31.7. The molecular weight excluding hydrogens is 328 g/mol. The molecule has 0 radical (unpaired) electrons. The highest BCUT2D eigenvalue weighted by atomic mass is 16.6. The minimum absolute atomic E-state index is 0.0432. The molecule has 1 aliphatic heterocycles. The van der Waals surface area contributed by atoms with Gasteiger partial charge in [0.25, 0.3) is 5.91 Å². The summed E-state index contributed by atoms with van der Waals surface area (Å²) in [5.74, 6) is -0.380. The summed E-state index contributed by atoms with van der Waals surface area (Å²) < 4.78 is 5.37. The number of benzene rings is 1. The molecule has 25 heavy (non-hydrogen) atoms. The first kappa shape index (κ1) is 17.4.